The fraction of sp³-hybridized carbons (Fsp3) is 0. The topological polar surface area (TPSA) is 27.7 Å². The number of thiocarbonyl (C=S) groups is 3. The molecule has 0 saturated heterocycles. The van der Waals surface area contributed by atoms with Crippen LogP contribution in [-0.2, 0) is 10.9 Å². The minimum atomic E-state index is -6.00. The van der Waals surface area contributed by atoms with E-state index in [4.69, 9.17) is 50.9 Å². The fourth-order valence-corrected chi connectivity index (χ4v) is 4.91. The number of hydrogen-bond acceptors (Lipinski definition) is 6. The molecule has 0 fully saturated rings. The summed E-state index contributed by atoms with van der Waals surface area (Å²) in [5.41, 5.74) is 3.75. The Morgan fingerprint density at radius 2 is 0.414 bits per heavy atom. The van der Waals surface area contributed by atoms with E-state index < -0.39 is 43.5 Å². The monoisotopic (exact) mass is 965 g/mol. The van der Waals surface area contributed by atoms with Crippen molar-refractivity contribution in [3.8, 4) is 17.2 Å². The third-order valence-electron chi connectivity index (χ3n) is 3.73. The maximum atomic E-state index is 9.75. The van der Waals surface area contributed by atoms with Crippen molar-refractivity contribution in [3.05, 3.63) is 72.8 Å². The number of benzene rings is 3. The summed E-state index contributed by atoms with van der Waals surface area (Å²) in [5, 5.41) is 0. The first-order chi connectivity index (χ1) is 25.7. The van der Waals surface area contributed by atoms with E-state index in [1.54, 1.807) is 0 Å². The molecule has 332 valence electrons. The van der Waals surface area contributed by atoms with Crippen molar-refractivity contribution in [1.29, 1.82) is 0 Å². The van der Waals surface area contributed by atoms with E-state index in [-0.39, 0.29) is 10.9 Å². The molecule has 0 unspecified atom stereocenters. The summed E-state index contributed by atoms with van der Waals surface area (Å²) in [7, 11) is -36.3. The molecule has 0 spiro atoms. The van der Waals surface area contributed by atoms with Gasteiger partial charge < -0.3 is 118 Å². The average Bonchev–Trinajstić information content (AvgIpc) is 2.95. The number of halogens is 24. The zero-order valence-corrected chi connectivity index (χ0v) is 30.3. The molecule has 0 saturated carbocycles. The van der Waals surface area contributed by atoms with Gasteiger partial charge in [0.25, 0.3) is 0 Å². The molecule has 0 aromatic heterocycles. The zero-order chi connectivity index (χ0) is 46.8. The van der Waals surface area contributed by atoms with Gasteiger partial charge in [0, 0.05) is 0 Å². The van der Waals surface area contributed by atoms with Gasteiger partial charge in [-0.2, -0.15) is 0 Å². The highest BCUT2D eigenvalue weighted by molar-refractivity contribution is 7.97. The summed E-state index contributed by atoms with van der Waals surface area (Å²) in [6.07, 6.45) is 0. The highest BCUT2D eigenvalue weighted by atomic mass is 32.2. The molecule has 0 radical (unpaired) electrons. The third-order valence-corrected chi connectivity index (χ3v) is 6.25. The van der Waals surface area contributed by atoms with E-state index in [9.17, 15) is 104 Å². The second-order valence-corrected chi connectivity index (χ2v) is 10.9. The van der Waals surface area contributed by atoms with Gasteiger partial charge in [-0.1, -0.05) is 0 Å². The minimum Gasteiger partial charge on any atom is -0.454 e. The smallest absolute Gasteiger partial charge is 0.454 e. The Kier molecular flexibility index (Phi) is 30.3. The molecule has 3 nitrogen and oxygen atoms in total. The molecule has 3 aromatic carbocycles. The van der Waals surface area contributed by atoms with Crippen LogP contribution >= 0.6 is 36.7 Å². The Hall–Kier alpha value is -3.61. The van der Waals surface area contributed by atoms with Crippen LogP contribution in [0.2, 0.25) is 0 Å². The Bertz CT molecular complexity index is 1290. The van der Waals surface area contributed by atoms with Crippen molar-refractivity contribution in [1.82, 2.24) is 0 Å². The Morgan fingerprint density at radius 1 is 0.293 bits per heavy atom. The van der Waals surface area contributed by atoms with Gasteiger partial charge in [0.05, 0.1) is 10.9 Å². The first-order valence-electron chi connectivity index (χ1n) is 13.3. The largest absolute Gasteiger partial charge is 0.673 e. The standard InChI is InChI=1S/C21H15O3S4.6BF4/c25-13-22-16-1-7-19(8-2-16)28(20-9-3-17(4-10-20)23-14-26)21-11-5-18(6-12-21)24-15-27;6*2-1(3,4)5/h1-15H;;;;;;/q+1;6*-1. The van der Waals surface area contributed by atoms with E-state index >= 15 is 0 Å². The van der Waals surface area contributed by atoms with Gasteiger partial charge in [0.15, 0.2) is 31.3 Å². The lowest BCUT2D eigenvalue weighted by Crippen LogP contribution is -2.05. The molecule has 37 heteroatoms. The predicted octanol–water partition coefficient (Wildman–Crippen LogP) is 13.6. The van der Waals surface area contributed by atoms with Crippen molar-refractivity contribution in [2.24, 2.45) is 0 Å². The molecule has 3 aromatic rings. The Balaban J connectivity index is -0.000000392. The van der Waals surface area contributed by atoms with Gasteiger partial charge in [-0.15, -0.1) is 0 Å². The number of rotatable bonds is 9. The van der Waals surface area contributed by atoms with Gasteiger partial charge in [-0.25, -0.2) is 0 Å². The van der Waals surface area contributed by atoms with Gasteiger partial charge in [-0.3, -0.25) is 0 Å². The van der Waals surface area contributed by atoms with Crippen LogP contribution in [0.4, 0.5) is 104 Å². The molecule has 0 amide bonds. The first-order valence-corrected chi connectivity index (χ1v) is 16.0. The summed E-state index contributed by atoms with van der Waals surface area (Å²) >= 11 is 14.2. The molecule has 3 rings (SSSR count). The maximum absolute atomic E-state index is 9.75. The van der Waals surface area contributed by atoms with Crippen LogP contribution in [0.1, 0.15) is 0 Å². The fourth-order valence-electron chi connectivity index (χ4n) is 2.54. The van der Waals surface area contributed by atoms with Crippen LogP contribution in [0.3, 0.4) is 0 Å². The SMILES string of the molecule is F[B-](F)(F)F.F[B-](F)(F)F.F[B-](F)(F)F.F[B-](F)(F)F.F[B-](F)(F)F.F[B-](F)(F)F.S=COc1ccc([S+](c2ccc(OC=S)cc2)c2ccc(OC=S)cc2)cc1. The molecular formula is C21H15B6F24O3S4-5. The van der Waals surface area contributed by atoms with Crippen LogP contribution in [0.5, 0.6) is 17.2 Å². The summed E-state index contributed by atoms with van der Waals surface area (Å²) in [6, 6.07) is 23.7. The predicted molar refractivity (Wildman–Crippen MR) is 185 cm³/mol. The molecule has 0 atom stereocenters. The van der Waals surface area contributed by atoms with Gasteiger partial charge in [0.1, 0.15) is 17.2 Å². The van der Waals surface area contributed by atoms with Crippen molar-refractivity contribution in [2.75, 3.05) is 0 Å². The van der Waals surface area contributed by atoms with E-state index in [0.29, 0.717) is 17.2 Å². The molecular weight excluding hydrogens is 949 g/mol. The highest BCUT2D eigenvalue weighted by Crippen LogP contribution is 2.34. The highest BCUT2D eigenvalue weighted by Gasteiger charge is 2.29. The number of hydrogen-bond donors (Lipinski definition) is 0. The molecule has 0 aliphatic rings. The molecule has 0 heterocycles. The normalized spacial score (nSPS) is 11.1. The van der Waals surface area contributed by atoms with Crippen molar-refractivity contribution in [2.45, 2.75) is 14.7 Å². The van der Waals surface area contributed by atoms with Gasteiger partial charge in [0.2, 0.25) is 0 Å². The molecule has 0 bridgehead atoms. The summed E-state index contributed by atoms with van der Waals surface area (Å²) < 4.78 is 250. The molecule has 58 heavy (non-hydrogen) atoms. The van der Waals surface area contributed by atoms with E-state index in [1.165, 1.54) is 16.7 Å². The molecule has 0 N–H and O–H groups in total. The molecule has 0 aliphatic carbocycles. The lowest BCUT2D eigenvalue weighted by molar-refractivity contribution is 0.366. The second kappa shape index (κ2) is 28.8. The summed E-state index contributed by atoms with van der Waals surface area (Å²) in [4.78, 5) is 3.43. The molecule has 0 aliphatic heterocycles. The number of ether oxygens (including phenoxy) is 3. The van der Waals surface area contributed by atoms with Crippen LogP contribution in [-0.4, -0.2) is 60.2 Å². The van der Waals surface area contributed by atoms with Crippen LogP contribution in [0, 0.1) is 0 Å². The van der Waals surface area contributed by atoms with Gasteiger partial charge >= 0.3 is 43.5 Å². The average molecular weight is 964 g/mol. The Labute approximate surface area is 329 Å². The van der Waals surface area contributed by atoms with Crippen LogP contribution in [0.25, 0.3) is 0 Å². The first kappa shape index (κ1) is 61.1. The Morgan fingerprint density at radius 3 is 0.517 bits per heavy atom. The second-order valence-electron chi connectivity index (χ2n) is 8.33. The quantitative estimate of drug-likeness (QED) is 0.0918. The van der Waals surface area contributed by atoms with Crippen molar-refractivity contribution < 1.29 is 118 Å². The summed E-state index contributed by atoms with van der Waals surface area (Å²) in [6.45, 7) is 0. The van der Waals surface area contributed by atoms with E-state index in [2.05, 4.69) is 0 Å². The minimum absolute atomic E-state index is 0.327. The lowest BCUT2D eigenvalue weighted by Gasteiger charge is -2.10. The summed E-state index contributed by atoms with van der Waals surface area (Å²) in [5.74, 6) is 2.12. The lowest BCUT2D eigenvalue weighted by atomic mass is 10.3. The van der Waals surface area contributed by atoms with Crippen LogP contribution in [0.15, 0.2) is 87.5 Å². The van der Waals surface area contributed by atoms with Crippen molar-refractivity contribution >= 4 is 108 Å². The van der Waals surface area contributed by atoms with Crippen molar-refractivity contribution in [3.63, 3.8) is 0 Å². The van der Waals surface area contributed by atoms with Gasteiger partial charge in [-0.05, 0) is 109 Å². The third kappa shape index (κ3) is 61.6. The van der Waals surface area contributed by atoms with E-state index in [0.717, 1.165) is 14.7 Å². The van der Waals surface area contributed by atoms with Crippen LogP contribution < -0.4 is 14.2 Å². The zero-order valence-electron chi connectivity index (χ0n) is 27.1. The van der Waals surface area contributed by atoms with E-state index in [1.807, 2.05) is 72.8 Å². The maximum Gasteiger partial charge on any atom is 0.673 e.